The number of hydrogen-bond donors (Lipinski definition) is 4. The van der Waals surface area contributed by atoms with Gasteiger partial charge in [-0.05, 0) is 98.7 Å². The van der Waals surface area contributed by atoms with Gasteiger partial charge in [-0.1, -0.05) is 73.1 Å². The molecule has 49 heavy (non-hydrogen) atoms. The van der Waals surface area contributed by atoms with Gasteiger partial charge < -0.3 is 25.6 Å². The second-order valence-electron chi connectivity index (χ2n) is 17.0. The number of aliphatic hydroxyl groups is 2. The van der Waals surface area contributed by atoms with Crippen LogP contribution in [0.4, 0.5) is 0 Å². The maximum atomic E-state index is 13.1. The fourth-order valence-corrected chi connectivity index (χ4v) is 9.89. The maximum absolute atomic E-state index is 13.1. The second kappa shape index (κ2) is 21.3. The highest BCUT2D eigenvalue weighted by molar-refractivity contribution is 5.79. The Hall–Kier alpha value is -1.26. The van der Waals surface area contributed by atoms with Crippen molar-refractivity contribution in [1.82, 2.24) is 15.7 Å². The van der Waals surface area contributed by atoms with E-state index in [1.165, 1.54) is 64.2 Å². The van der Waals surface area contributed by atoms with E-state index in [-0.39, 0.29) is 17.9 Å². The fraction of sp³-hybridized carbons (Fsp3) is 0.950. The minimum atomic E-state index is -0.504. The number of aliphatic hydroxyl groups excluding tert-OH is 2. The lowest BCUT2D eigenvalue weighted by Crippen LogP contribution is -2.48. The van der Waals surface area contributed by atoms with E-state index in [1.54, 1.807) is 0 Å². The minimum absolute atomic E-state index is 0.0745. The number of ether oxygens (including phenoxy) is 1. The molecular weight excluding hydrogens is 618 g/mol. The van der Waals surface area contributed by atoms with Gasteiger partial charge in [-0.25, -0.2) is 0 Å². The van der Waals surface area contributed by atoms with Gasteiger partial charge in [0.25, 0.3) is 0 Å². The number of methoxy groups -OCH3 is 1. The van der Waals surface area contributed by atoms with E-state index in [9.17, 15) is 14.7 Å². The molecule has 9 nitrogen and oxygen atoms in total. The van der Waals surface area contributed by atoms with Crippen LogP contribution < -0.4 is 10.6 Å². The molecule has 286 valence electrons. The average Bonchev–Trinajstić information content (AvgIpc) is 3.56. The molecular formula is C40H75N3O6. The van der Waals surface area contributed by atoms with E-state index in [1.807, 2.05) is 7.11 Å². The molecule has 10 atom stereocenters. The number of hydrogen-bond acceptors (Lipinski definition) is 7. The summed E-state index contributed by atoms with van der Waals surface area (Å²) in [7, 11) is 2.86. The van der Waals surface area contributed by atoms with Gasteiger partial charge in [0.1, 0.15) is 0 Å². The SMILES string of the molecule is CC1CC(C)(C)C(C)C[C@@H]1NC=O.CCC1CON(CC2CCCC(C3CCC(O)C(C(=O)NCCC4CCCCC4)C3)C2OC)C1.CO. The number of rotatable bonds is 11. The van der Waals surface area contributed by atoms with Crippen LogP contribution in [0.15, 0.2) is 0 Å². The summed E-state index contributed by atoms with van der Waals surface area (Å²) in [6.07, 6.45) is 17.9. The van der Waals surface area contributed by atoms with Gasteiger partial charge in [-0.3, -0.25) is 14.4 Å². The highest BCUT2D eigenvalue weighted by Gasteiger charge is 2.44. The molecule has 0 aromatic rings. The molecule has 5 fully saturated rings. The van der Waals surface area contributed by atoms with Crippen LogP contribution in [0.3, 0.4) is 0 Å². The first-order chi connectivity index (χ1) is 23.6. The van der Waals surface area contributed by atoms with Crippen LogP contribution in [0.2, 0.25) is 0 Å². The molecule has 4 saturated carbocycles. The smallest absolute Gasteiger partial charge is 0.225 e. The first-order valence-electron chi connectivity index (χ1n) is 20.1. The molecule has 4 N–H and O–H groups in total. The predicted octanol–water partition coefficient (Wildman–Crippen LogP) is 6.36. The first-order valence-corrected chi connectivity index (χ1v) is 20.1. The highest BCUT2D eigenvalue weighted by Crippen LogP contribution is 2.44. The van der Waals surface area contributed by atoms with Gasteiger partial charge in [-0.15, -0.1) is 0 Å². The Labute approximate surface area is 299 Å². The maximum Gasteiger partial charge on any atom is 0.225 e. The number of carbonyl (C=O) groups is 2. The highest BCUT2D eigenvalue weighted by atomic mass is 16.7. The van der Waals surface area contributed by atoms with Crippen molar-refractivity contribution in [2.45, 2.75) is 149 Å². The monoisotopic (exact) mass is 694 g/mol. The van der Waals surface area contributed by atoms with Crippen LogP contribution >= 0.6 is 0 Å². The van der Waals surface area contributed by atoms with Crippen molar-refractivity contribution in [1.29, 1.82) is 0 Å². The molecule has 2 amide bonds. The number of hydroxylamine groups is 2. The second-order valence-corrected chi connectivity index (χ2v) is 17.0. The average molecular weight is 694 g/mol. The third kappa shape index (κ3) is 12.4. The summed E-state index contributed by atoms with van der Waals surface area (Å²) in [6.45, 7) is 15.0. The van der Waals surface area contributed by atoms with E-state index < -0.39 is 6.10 Å². The van der Waals surface area contributed by atoms with Crippen molar-refractivity contribution >= 4 is 12.3 Å². The van der Waals surface area contributed by atoms with Crippen molar-refractivity contribution in [3.8, 4) is 0 Å². The topological polar surface area (TPSA) is 120 Å². The molecule has 5 aliphatic rings. The zero-order valence-electron chi connectivity index (χ0n) is 32.3. The van der Waals surface area contributed by atoms with Gasteiger partial charge in [0, 0.05) is 45.8 Å². The van der Waals surface area contributed by atoms with Crippen LogP contribution in [0, 0.1) is 52.8 Å². The van der Waals surface area contributed by atoms with Crippen molar-refractivity contribution in [2.75, 3.05) is 40.5 Å². The van der Waals surface area contributed by atoms with E-state index in [0.717, 1.165) is 77.8 Å². The molecule has 0 bridgehead atoms. The molecule has 9 unspecified atom stereocenters. The standard InChI is InChI=1S/C28H50N2O4.C11H21NO.CH4O/c1-3-20-17-30(34-19-20)18-23-10-7-11-24(27(23)33-2)22-12-13-26(31)25(16-22)28(32)29-15-14-21-8-5-4-6-9-21;1-8-6-11(3,4)9(2)5-10(8)12-7-13;1-2/h20-27,31H,3-19H2,1-2H3,(H,29,32);7-10H,5-6H2,1-4H3,(H,12,13);2H,1H3/t;8?,9?,10-;/m.0./s1. The van der Waals surface area contributed by atoms with Crippen molar-refractivity contribution in [3.63, 3.8) is 0 Å². The van der Waals surface area contributed by atoms with Crippen molar-refractivity contribution in [3.05, 3.63) is 0 Å². The van der Waals surface area contributed by atoms with Crippen LogP contribution in [-0.4, -0.2) is 86.3 Å². The Morgan fingerprint density at radius 3 is 2.39 bits per heavy atom. The number of carbonyl (C=O) groups excluding carboxylic acids is 2. The van der Waals surface area contributed by atoms with Crippen molar-refractivity contribution in [2.24, 2.45) is 52.8 Å². The van der Waals surface area contributed by atoms with Crippen LogP contribution in [0.5, 0.6) is 0 Å². The molecule has 1 heterocycles. The van der Waals surface area contributed by atoms with Gasteiger partial charge in [0.2, 0.25) is 12.3 Å². The van der Waals surface area contributed by atoms with E-state index >= 15 is 0 Å². The molecule has 5 rings (SSSR count). The Bertz CT molecular complexity index is 945. The van der Waals surface area contributed by atoms with Crippen LogP contribution in [-0.2, 0) is 19.2 Å². The summed E-state index contributed by atoms with van der Waals surface area (Å²) in [6, 6.07) is 0.389. The predicted molar refractivity (Wildman–Crippen MR) is 196 cm³/mol. The minimum Gasteiger partial charge on any atom is -0.400 e. The van der Waals surface area contributed by atoms with Crippen LogP contribution in [0.1, 0.15) is 131 Å². The molecule has 0 aromatic heterocycles. The fourth-order valence-electron chi connectivity index (χ4n) is 9.89. The van der Waals surface area contributed by atoms with Gasteiger partial charge in [0.05, 0.1) is 24.7 Å². The summed E-state index contributed by atoms with van der Waals surface area (Å²) in [4.78, 5) is 29.4. The summed E-state index contributed by atoms with van der Waals surface area (Å²) in [5.41, 5.74) is 0.431. The number of nitrogens with one attached hydrogen (secondary N) is 2. The summed E-state index contributed by atoms with van der Waals surface area (Å²) in [5.74, 6) is 3.93. The summed E-state index contributed by atoms with van der Waals surface area (Å²) in [5, 5.41) is 26.0. The van der Waals surface area contributed by atoms with E-state index in [4.69, 9.17) is 14.7 Å². The normalized spacial score (nSPS) is 36.8. The van der Waals surface area contributed by atoms with Gasteiger partial charge in [0.15, 0.2) is 0 Å². The number of nitrogens with zero attached hydrogens (tertiary/aromatic N) is 1. The Morgan fingerprint density at radius 1 is 1.00 bits per heavy atom. The largest absolute Gasteiger partial charge is 0.400 e. The lowest BCUT2D eigenvalue weighted by Gasteiger charge is -2.45. The lowest BCUT2D eigenvalue weighted by atomic mass is 9.64. The van der Waals surface area contributed by atoms with E-state index in [2.05, 4.69) is 50.3 Å². The Morgan fingerprint density at radius 2 is 1.73 bits per heavy atom. The molecule has 0 radical (unpaired) electrons. The van der Waals surface area contributed by atoms with Crippen molar-refractivity contribution < 1.29 is 29.4 Å². The zero-order chi connectivity index (χ0) is 36.0. The third-order valence-corrected chi connectivity index (χ3v) is 13.4. The van der Waals surface area contributed by atoms with Crippen LogP contribution in [0.25, 0.3) is 0 Å². The summed E-state index contributed by atoms with van der Waals surface area (Å²) >= 11 is 0. The Balaban J connectivity index is 0.000000363. The molecule has 1 saturated heterocycles. The molecule has 0 spiro atoms. The molecule has 9 heteroatoms. The molecule has 0 aromatic carbocycles. The quantitative estimate of drug-likeness (QED) is 0.186. The number of amides is 2. The summed E-state index contributed by atoms with van der Waals surface area (Å²) < 4.78 is 6.14. The molecule has 1 aliphatic heterocycles. The third-order valence-electron chi connectivity index (χ3n) is 13.4. The van der Waals surface area contributed by atoms with Gasteiger partial charge in [-0.2, -0.15) is 5.06 Å². The van der Waals surface area contributed by atoms with E-state index in [0.29, 0.717) is 47.0 Å². The lowest BCUT2D eigenvalue weighted by molar-refractivity contribution is -0.146. The zero-order valence-corrected chi connectivity index (χ0v) is 32.3. The van der Waals surface area contributed by atoms with Gasteiger partial charge >= 0.3 is 0 Å². The molecule has 4 aliphatic carbocycles. The Kier molecular flexibility index (Phi) is 18.3. The first kappa shape index (κ1) is 42.2.